The number of nitrogens with zero attached hydrogens (tertiary/aromatic N) is 3. The van der Waals surface area contributed by atoms with Gasteiger partial charge in [-0.1, -0.05) is 48.8 Å². The van der Waals surface area contributed by atoms with Crippen LogP contribution in [-0.4, -0.2) is 17.0 Å². The van der Waals surface area contributed by atoms with Crippen LogP contribution in [0.1, 0.15) is 49.3 Å². The van der Waals surface area contributed by atoms with Gasteiger partial charge in [0, 0.05) is 27.2 Å². The Morgan fingerprint density at radius 2 is 1.97 bits per heavy atom. The Balaban J connectivity index is 2.14. The molecule has 1 atom stereocenters. The Kier molecular flexibility index (Phi) is 5.39. The number of aromatic nitrogens is 1. The summed E-state index contributed by atoms with van der Waals surface area (Å²) < 4.78 is 12.7. The molecule has 0 fully saturated rings. The summed E-state index contributed by atoms with van der Waals surface area (Å²) in [6, 6.07) is 14.2. The molecule has 0 spiro atoms. The second-order valence-electron chi connectivity index (χ2n) is 8.45. The van der Waals surface area contributed by atoms with Gasteiger partial charge in [0.15, 0.2) is 6.10 Å². The highest BCUT2D eigenvalue weighted by atomic mass is 79.9. The third-order valence-electron chi connectivity index (χ3n) is 5.37. The molecule has 0 amide bonds. The van der Waals surface area contributed by atoms with Crippen LogP contribution in [0.3, 0.4) is 0 Å². The van der Waals surface area contributed by atoms with E-state index in [1.165, 1.54) is 13.2 Å². The van der Waals surface area contributed by atoms with Crippen molar-refractivity contribution in [3.63, 3.8) is 0 Å². The zero-order valence-electron chi connectivity index (χ0n) is 18.0. The maximum Gasteiger partial charge on any atom is 0.276 e. The standard InChI is InChI=1S/C24H20BrN3O4/c1-24(2,3)20-16(12-26)19-15-11-13(25)9-10-18(15)32-22(21(19)27-23(20)31-4)14-7-5-6-8-17(14)28(29)30/h5-11,22H,1-4H3/t22-/m0/s1. The molecule has 3 aromatic rings. The number of hydrogen-bond acceptors (Lipinski definition) is 6. The lowest BCUT2D eigenvalue weighted by molar-refractivity contribution is -0.386. The number of fused-ring (bicyclic) bond motifs is 3. The Bertz CT molecular complexity index is 1290. The lowest BCUT2D eigenvalue weighted by Gasteiger charge is -2.32. The van der Waals surface area contributed by atoms with E-state index in [4.69, 9.17) is 14.5 Å². The monoisotopic (exact) mass is 493 g/mol. The topological polar surface area (TPSA) is 98.3 Å². The number of pyridine rings is 1. The zero-order valence-corrected chi connectivity index (χ0v) is 19.6. The molecule has 0 aliphatic carbocycles. The Morgan fingerprint density at radius 1 is 1.25 bits per heavy atom. The first-order valence-corrected chi connectivity index (χ1v) is 10.7. The molecule has 0 unspecified atom stereocenters. The molecule has 0 bridgehead atoms. The summed E-state index contributed by atoms with van der Waals surface area (Å²) in [6.45, 7) is 5.96. The third-order valence-corrected chi connectivity index (χ3v) is 5.86. The molecule has 7 nitrogen and oxygen atoms in total. The van der Waals surface area contributed by atoms with Crippen molar-refractivity contribution < 1.29 is 14.4 Å². The van der Waals surface area contributed by atoms with E-state index in [0.717, 1.165) is 4.47 Å². The molecule has 2 heterocycles. The number of rotatable bonds is 3. The molecule has 1 aliphatic heterocycles. The van der Waals surface area contributed by atoms with Crippen LogP contribution in [0.15, 0.2) is 46.9 Å². The maximum absolute atomic E-state index is 11.7. The van der Waals surface area contributed by atoms with E-state index in [1.807, 2.05) is 32.9 Å². The fraction of sp³-hybridized carbons (Fsp3) is 0.250. The second-order valence-corrected chi connectivity index (χ2v) is 9.36. The number of nitriles is 1. The smallest absolute Gasteiger partial charge is 0.276 e. The summed E-state index contributed by atoms with van der Waals surface area (Å²) in [5.41, 5.74) is 2.65. The van der Waals surface area contributed by atoms with Gasteiger partial charge < -0.3 is 9.47 Å². The van der Waals surface area contributed by atoms with E-state index in [9.17, 15) is 15.4 Å². The predicted octanol–water partition coefficient (Wildman–Crippen LogP) is 6.08. The highest BCUT2D eigenvalue weighted by Crippen LogP contribution is 2.50. The van der Waals surface area contributed by atoms with Gasteiger partial charge in [0.25, 0.3) is 5.69 Å². The minimum atomic E-state index is -0.879. The highest BCUT2D eigenvalue weighted by molar-refractivity contribution is 9.10. The molecule has 8 heteroatoms. The minimum absolute atomic E-state index is 0.0804. The molecule has 1 aliphatic rings. The number of methoxy groups -OCH3 is 1. The SMILES string of the molecule is COc1nc2c(c(C#N)c1C(C)(C)C)-c1cc(Br)ccc1O[C@H]2c1ccccc1[N+](=O)[O-]. The average molecular weight is 494 g/mol. The quantitative estimate of drug-likeness (QED) is 0.323. The number of para-hydroxylation sites is 1. The largest absolute Gasteiger partial charge is 0.481 e. The second kappa shape index (κ2) is 7.92. The van der Waals surface area contributed by atoms with E-state index >= 15 is 0 Å². The van der Waals surface area contributed by atoms with Gasteiger partial charge in [0.05, 0.1) is 28.9 Å². The molecule has 2 aromatic carbocycles. The first-order chi connectivity index (χ1) is 15.2. The zero-order chi connectivity index (χ0) is 23.2. The van der Waals surface area contributed by atoms with E-state index in [0.29, 0.717) is 45.1 Å². The van der Waals surface area contributed by atoms with Crippen LogP contribution >= 0.6 is 15.9 Å². The molecule has 32 heavy (non-hydrogen) atoms. The van der Waals surface area contributed by atoms with Gasteiger partial charge in [0.1, 0.15) is 11.8 Å². The van der Waals surface area contributed by atoms with Crippen LogP contribution < -0.4 is 9.47 Å². The van der Waals surface area contributed by atoms with E-state index in [1.54, 1.807) is 24.3 Å². The maximum atomic E-state index is 11.7. The van der Waals surface area contributed by atoms with Crippen LogP contribution in [-0.2, 0) is 5.41 Å². The van der Waals surface area contributed by atoms with Gasteiger partial charge >= 0.3 is 0 Å². The first-order valence-electron chi connectivity index (χ1n) is 9.89. The lowest BCUT2D eigenvalue weighted by atomic mass is 9.80. The number of nitro groups is 1. The number of nitro benzene ring substituents is 1. The molecule has 0 saturated carbocycles. The van der Waals surface area contributed by atoms with Gasteiger partial charge in [0.2, 0.25) is 5.88 Å². The van der Waals surface area contributed by atoms with Crippen molar-refractivity contribution in [2.75, 3.05) is 7.11 Å². The van der Waals surface area contributed by atoms with Crippen molar-refractivity contribution in [3.05, 3.63) is 79.4 Å². The van der Waals surface area contributed by atoms with E-state index in [-0.39, 0.29) is 5.69 Å². The molecule has 0 saturated heterocycles. The van der Waals surface area contributed by atoms with Crippen LogP contribution in [0.2, 0.25) is 0 Å². The van der Waals surface area contributed by atoms with Crippen LogP contribution in [0.25, 0.3) is 11.1 Å². The average Bonchev–Trinajstić information content (AvgIpc) is 2.76. The summed E-state index contributed by atoms with van der Waals surface area (Å²) in [5, 5.41) is 22.0. The minimum Gasteiger partial charge on any atom is -0.481 e. The fourth-order valence-electron chi connectivity index (χ4n) is 4.07. The van der Waals surface area contributed by atoms with Crippen molar-refractivity contribution in [3.8, 4) is 28.8 Å². The van der Waals surface area contributed by atoms with Gasteiger partial charge in [-0.25, -0.2) is 4.98 Å². The summed E-state index contributed by atoms with van der Waals surface area (Å²) in [6.07, 6.45) is -0.879. The van der Waals surface area contributed by atoms with E-state index < -0.39 is 16.4 Å². The van der Waals surface area contributed by atoms with Gasteiger partial charge in [-0.15, -0.1) is 0 Å². The van der Waals surface area contributed by atoms with Crippen molar-refractivity contribution in [1.29, 1.82) is 5.26 Å². The summed E-state index contributed by atoms with van der Waals surface area (Å²) in [4.78, 5) is 16.1. The Morgan fingerprint density at radius 3 is 2.59 bits per heavy atom. The summed E-state index contributed by atoms with van der Waals surface area (Å²) in [5.74, 6) is 0.825. The Hall–Kier alpha value is -3.44. The highest BCUT2D eigenvalue weighted by Gasteiger charge is 2.38. The van der Waals surface area contributed by atoms with Gasteiger partial charge in [-0.3, -0.25) is 10.1 Å². The van der Waals surface area contributed by atoms with Gasteiger partial charge in [-0.05, 0) is 29.7 Å². The van der Waals surface area contributed by atoms with Crippen molar-refractivity contribution in [1.82, 2.24) is 4.98 Å². The fourth-order valence-corrected chi connectivity index (χ4v) is 4.43. The molecular formula is C24H20BrN3O4. The summed E-state index contributed by atoms with van der Waals surface area (Å²) >= 11 is 3.49. The summed E-state index contributed by atoms with van der Waals surface area (Å²) in [7, 11) is 1.50. The normalized spacial score (nSPS) is 14.6. The third kappa shape index (κ3) is 3.49. The predicted molar refractivity (Wildman–Crippen MR) is 123 cm³/mol. The van der Waals surface area contributed by atoms with Crippen molar-refractivity contribution in [2.24, 2.45) is 0 Å². The number of ether oxygens (including phenoxy) is 2. The van der Waals surface area contributed by atoms with Crippen LogP contribution in [0.4, 0.5) is 5.69 Å². The molecule has 0 N–H and O–H groups in total. The molecule has 0 radical (unpaired) electrons. The number of benzene rings is 2. The molecule has 162 valence electrons. The van der Waals surface area contributed by atoms with Gasteiger partial charge in [-0.2, -0.15) is 5.26 Å². The molecular weight excluding hydrogens is 474 g/mol. The van der Waals surface area contributed by atoms with Crippen molar-refractivity contribution >= 4 is 21.6 Å². The van der Waals surface area contributed by atoms with Crippen LogP contribution in [0.5, 0.6) is 11.6 Å². The van der Waals surface area contributed by atoms with E-state index in [2.05, 4.69) is 22.0 Å². The lowest BCUT2D eigenvalue weighted by Crippen LogP contribution is -2.23. The Labute approximate surface area is 193 Å². The molecule has 4 rings (SSSR count). The first kappa shape index (κ1) is 21.8. The molecule has 1 aromatic heterocycles. The van der Waals surface area contributed by atoms with Crippen molar-refractivity contribution in [2.45, 2.75) is 32.3 Å². The van der Waals surface area contributed by atoms with Crippen LogP contribution in [0, 0.1) is 21.4 Å². The number of hydrogen-bond donors (Lipinski definition) is 0. The number of halogens is 1.